The highest BCUT2D eigenvalue weighted by atomic mass is 16.5. The van der Waals surface area contributed by atoms with E-state index < -0.39 is 5.97 Å². The lowest BCUT2D eigenvalue weighted by Crippen LogP contribution is -2.37. The average molecular weight is 368 g/mol. The van der Waals surface area contributed by atoms with Gasteiger partial charge in [-0.15, -0.1) is 0 Å². The number of hydrogen-bond acceptors (Lipinski definition) is 5. The lowest BCUT2D eigenvalue weighted by molar-refractivity contribution is 0.0526. The molecule has 142 valence electrons. The molecule has 0 atom stereocenters. The molecule has 1 fully saturated rings. The Bertz CT molecular complexity index is 829. The molecule has 0 aromatic heterocycles. The van der Waals surface area contributed by atoms with Gasteiger partial charge in [0.2, 0.25) is 0 Å². The highest BCUT2D eigenvalue weighted by Crippen LogP contribution is 2.26. The molecular weight excluding hydrogens is 344 g/mol. The summed E-state index contributed by atoms with van der Waals surface area (Å²) < 4.78 is 10.6. The zero-order valence-corrected chi connectivity index (χ0v) is 15.7. The lowest BCUT2D eigenvalue weighted by atomic mass is 10.1. The number of morpholine rings is 1. The Balaban J connectivity index is 1.88. The van der Waals surface area contributed by atoms with E-state index in [1.807, 2.05) is 37.3 Å². The number of amides is 1. The third-order valence-electron chi connectivity index (χ3n) is 4.49. The fraction of sp³-hybridized carbons (Fsp3) is 0.333. The van der Waals surface area contributed by atoms with E-state index in [1.165, 1.54) is 0 Å². The SMILES string of the molecule is CCOC(=O)c1cc(NC(=O)c2ccccc2C)ccc1N1CCOCC1. The van der Waals surface area contributed by atoms with Crippen LogP contribution in [0.15, 0.2) is 42.5 Å². The lowest BCUT2D eigenvalue weighted by Gasteiger charge is -2.30. The van der Waals surface area contributed by atoms with Crippen molar-refractivity contribution in [3.63, 3.8) is 0 Å². The van der Waals surface area contributed by atoms with Gasteiger partial charge >= 0.3 is 5.97 Å². The minimum Gasteiger partial charge on any atom is -0.462 e. The van der Waals surface area contributed by atoms with Gasteiger partial charge < -0.3 is 19.7 Å². The van der Waals surface area contributed by atoms with E-state index in [4.69, 9.17) is 9.47 Å². The maximum atomic E-state index is 12.6. The Hall–Kier alpha value is -2.86. The number of benzene rings is 2. The van der Waals surface area contributed by atoms with E-state index in [1.54, 1.807) is 19.1 Å². The van der Waals surface area contributed by atoms with Crippen LogP contribution in [0.4, 0.5) is 11.4 Å². The molecule has 0 spiro atoms. The second-order valence-corrected chi connectivity index (χ2v) is 6.32. The van der Waals surface area contributed by atoms with Gasteiger partial charge in [-0.25, -0.2) is 4.79 Å². The number of carbonyl (C=O) groups excluding carboxylic acids is 2. The van der Waals surface area contributed by atoms with Crippen molar-refractivity contribution in [3.05, 3.63) is 59.2 Å². The highest BCUT2D eigenvalue weighted by molar-refractivity contribution is 6.06. The smallest absolute Gasteiger partial charge is 0.340 e. The maximum absolute atomic E-state index is 12.6. The molecular formula is C21H24N2O4. The van der Waals surface area contributed by atoms with Crippen molar-refractivity contribution in [2.45, 2.75) is 13.8 Å². The predicted molar refractivity (Wildman–Crippen MR) is 105 cm³/mol. The third kappa shape index (κ3) is 4.46. The molecule has 2 aromatic rings. The van der Waals surface area contributed by atoms with E-state index in [0.29, 0.717) is 49.7 Å². The molecule has 27 heavy (non-hydrogen) atoms. The largest absolute Gasteiger partial charge is 0.462 e. The second kappa shape index (κ2) is 8.68. The summed E-state index contributed by atoms with van der Waals surface area (Å²) in [4.78, 5) is 27.2. The summed E-state index contributed by atoms with van der Waals surface area (Å²) in [6, 6.07) is 12.7. The van der Waals surface area contributed by atoms with Crippen LogP contribution in [0.3, 0.4) is 0 Å². The maximum Gasteiger partial charge on any atom is 0.340 e. The molecule has 1 heterocycles. The number of esters is 1. The fourth-order valence-corrected chi connectivity index (χ4v) is 3.09. The molecule has 1 aliphatic heterocycles. The van der Waals surface area contributed by atoms with E-state index >= 15 is 0 Å². The van der Waals surface area contributed by atoms with E-state index in [-0.39, 0.29) is 5.91 Å². The number of ether oxygens (including phenoxy) is 2. The van der Waals surface area contributed by atoms with Gasteiger partial charge in [-0.1, -0.05) is 18.2 Å². The Morgan fingerprint density at radius 3 is 2.56 bits per heavy atom. The van der Waals surface area contributed by atoms with Crippen molar-refractivity contribution in [3.8, 4) is 0 Å². The standard InChI is InChI=1S/C21H24N2O4/c1-3-27-21(25)18-14-16(8-9-19(18)23-10-12-26-13-11-23)22-20(24)17-7-5-4-6-15(17)2/h4-9,14H,3,10-13H2,1-2H3,(H,22,24). The van der Waals surface area contributed by atoms with Crippen molar-refractivity contribution in [2.75, 3.05) is 43.1 Å². The first kappa shape index (κ1) is 18.9. The van der Waals surface area contributed by atoms with Gasteiger partial charge in [-0.05, 0) is 43.7 Å². The molecule has 0 saturated carbocycles. The highest BCUT2D eigenvalue weighted by Gasteiger charge is 2.21. The van der Waals surface area contributed by atoms with Gasteiger partial charge in [0.15, 0.2) is 0 Å². The number of anilines is 2. The molecule has 1 aliphatic rings. The van der Waals surface area contributed by atoms with Crippen molar-refractivity contribution >= 4 is 23.3 Å². The molecule has 1 saturated heterocycles. The third-order valence-corrected chi connectivity index (χ3v) is 4.49. The predicted octanol–water partition coefficient (Wildman–Crippen LogP) is 3.26. The number of rotatable bonds is 5. The zero-order valence-electron chi connectivity index (χ0n) is 15.7. The summed E-state index contributed by atoms with van der Waals surface area (Å²) in [6.07, 6.45) is 0. The fourth-order valence-electron chi connectivity index (χ4n) is 3.09. The van der Waals surface area contributed by atoms with Crippen molar-refractivity contribution in [2.24, 2.45) is 0 Å². The number of hydrogen-bond donors (Lipinski definition) is 1. The first-order chi connectivity index (χ1) is 13.1. The minimum absolute atomic E-state index is 0.206. The van der Waals surface area contributed by atoms with E-state index in [9.17, 15) is 9.59 Å². The minimum atomic E-state index is -0.397. The van der Waals surface area contributed by atoms with Crippen LogP contribution >= 0.6 is 0 Å². The number of carbonyl (C=O) groups is 2. The van der Waals surface area contributed by atoms with Gasteiger partial charge in [-0.3, -0.25) is 4.79 Å². The summed E-state index contributed by atoms with van der Waals surface area (Å²) >= 11 is 0. The monoisotopic (exact) mass is 368 g/mol. The van der Waals surface area contributed by atoms with Crippen LogP contribution in [-0.4, -0.2) is 44.8 Å². The summed E-state index contributed by atoms with van der Waals surface area (Å²) in [5, 5.41) is 2.88. The zero-order chi connectivity index (χ0) is 19.2. The summed E-state index contributed by atoms with van der Waals surface area (Å²) in [5.74, 6) is -0.604. The summed E-state index contributed by atoms with van der Waals surface area (Å²) in [6.45, 7) is 6.61. The first-order valence-corrected chi connectivity index (χ1v) is 9.11. The number of nitrogens with one attached hydrogen (secondary N) is 1. The van der Waals surface area contributed by atoms with Crippen LogP contribution in [-0.2, 0) is 9.47 Å². The number of aryl methyl sites for hydroxylation is 1. The van der Waals surface area contributed by atoms with Crippen molar-refractivity contribution in [1.82, 2.24) is 0 Å². The Kier molecular flexibility index (Phi) is 6.08. The van der Waals surface area contributed by atoms with Gasteiger partial charge in [0.25, 0.3) is 5.91 Å². The summed E-state index contributed by atoms with van der Waals surface area (Å²) in [7, 11) is 0. The second-order valence-electron chi connectivity index (χ2n) is 6.32. The Morgan fingerprint density at radius 2 is 1.85 bits per heavy atom. The molecule has 0 bridgehead atoms. The molecule has 2 aromatic carbocycles. The molecule has 6 heteroatoms. The first-order valence-electron chi connectivity index (χ1n) is 9.11. The van der Waals surface area contributed by atoms with Crippen LogP contribution in [0, 0.1) is 6.92 Å². The van der Waals surface area contributed by atoms with Crippen molar-refractivity contribution in [1.29, 1.82) is 0 Å². The van der Waals surface area contributed by atoms with Crippen LogP contribution in [0.5, 0.6) is 0 Å². The quantitative estimate of drug-likeness (QED) is 0.821. The van der Waals surface area contributed by atoms with E-state index in [2.05, 4.69) is 10.2 Å². The summed E-state index contributed by atoms with van der Waals surface area (Å²) in [5.41, 5.74) is 3.30. The van der Waals surface area contributed by atoms with Gasteiger partial charge in [0.1, 0.15) is 0 Å². The van der Waals surface area contributed by atoms with Gasteiger partial charge in [0.05, 0.1) is 31.1 Å². The molecule has 0 unspecified atom stereocenters. The molecule has 1 amide bonds. The Morgan fingerprint density at radius 1 is 1.11 bits per heavy atom. The average Bonchev–Trinajstić information content (AvgIpc) is 2.69. The topological polar surface area (TPSA) is 67.9 Å². The van der Waals surface area contributed by atoms with Crippen LogP contribution < -0.4 is 10.2 Å². The van der Waals surface area contributed by atoms with Crippen LogP contribution in [0.1, 0.15) is 33.2 Å². The molecule has 0 aliphatic carbocycles. The number of nitrogens with zero attached hydrogens (tertiary/aromatic N) is 1. The Labute approximate surface area is 159 Å². The molecule has 3 rings (SSSR count). The van der Waals surface area contributed by atoms with E-state index in [0.717, 1.165) is 11.3 Å². The van der Waals surface area contributed by atoms with Gasteiger partial charge in [-0.2, -0.15) is 0 Å². The normalized spacial score (nSPS) is 13.9. The van der Waals surface area contributed by atoms with Crippen molar-refractivity contribution < 1.29 is 19.1 Å². The molecule has 0 radical (unpaired) electrons. The molecule has 1 N–H and O–H groups in total. The van der Waals surface area contributed by atoms with Crippen LogP contribution in [0.2, 0.25) is 0 Å². The van der Waals surface area contributed by atoms with Gasteiger partial charge in [0, 0.05) is 24.3 Å². The van der Waals surface area contributed by atoms with Crippen LogP contribution in [0.25, 0.3) is 0 Å². The molecule has 6 nitrogen and oxygen atoms in total.